The average molecular weight is 261 g/mol. The van der Waals surface area contributed by atoms with E-state index in [0.29, 0.717) is 0 Å². The van der Waals surface area contributed by atoms with E-state index in [1.807, 2.05) is 12.4 Å². The van der Waals surface area contributed by atoms with Crippen LogP contribution in [0.1, 0.15) is 50.5 Å². The summed E-state index contributed by atoms with van der Waals surface area (Å²) in [5.41, 5.74) is 1.37. The number of aromatic nitrogens is 1. The first kappa shape index (κ1) is 15.4. The molecule has 0 saturated heterocycles. The zero-order chi connectivity index (χ0) is 13.8. The second-order valence-corrected chi connectivity index (χ2v) is 4.76. The van der Waals surface area contributed by atoms with Gasteiger partial charge in [0, 0.05) is 18.5 Å². The molecule has 0 aliphatic carbocycles. The minimum Gasteiger partial charge on any atom is -0.478 e. The fourth-order valence-corrected chi connectivity index (χ4v) is 2.03. The van der Waals surface area contributed by atoms with Crippen LogP contribution < -0.4 is 0 Å². The van der Waals surface area contributed by atoms with Crippen LogP contribution in [0.4, 0.5) is 0 Å². The summed E-state index contributed by atoms with van der Waals surface area (Å²) in [6.07, 6.45) is 16.0. The maximum absolute atomic E-state index is 10.2. The number of hydrogen-bond donors (Lipinski definition) is 1. The van der Waals surface area contributed by atoms with Crippen LogP contribution in [0.2, 0.25) is 0 Å². The van der Waals surface area contributed by atoms with E-state index in [-0.39, 0.29) is 0 Å². The first-order valence-electron chi connectivity index (χ1n) is 7.07. The molecule has 0 aliphatic rings. The summed E-state index contributed by atoms with van der Waals surface area (Å²) < 4.78 is 0. The summed E-state index contributed by atoms with van der Waals surface area (Å²) in [6, 6.07) is 4.16. The van der Waals surface area contributed by atoms with Crippen molar-refractivity contribution in [3.63, 3.8) is 0 Å². The van der Waals surface area contributed by atoms with Gasteiger partial charge in [0.25, 0.3) is 0 Å². The summed E-state index contributed by atoms with van der Waals surface area (Å²) >= 11 is 0. The van der Waals surface area contributed by atoms with Crippen LogP contribution in [0, 0.1) is 0 Å². The van der Waals surface area contributed by atoms with Gasteiger partial charge in [-0.2, -0.15) is 0 Å². The third-order valence-electron chi connectivity index (χ3n) is 3.10. The van der Waals surface area contributed by atoms with Gasteiger partial charge in [0.2, 0.25) is 0 Å². The maximum Gasteiger partial charge on any atom is 0.327 e. The molecule has 0 bridgehead atoms. The van der Waals surface area contributed by atoms with Gasteiger partial charge in [-0.05, 0) is 43.4 Å². The number of aliphatic carboxylic acids is 1. The highest BCUT2D eigenvalue weighted by molar-refractivity contribution is 5.79. The topological polar surface area (TPSA) is 50.2 Å². The third-order valence-corrected chi connectivity index (χ3v) is 3.10. The van der Waals surface area contributed by atoms with Crippen molar-refractivity contribution in [2.45, 2.75) is 51.4 Å². The second-order valence-electron chi connectivity index (χ2n) is 4.76. The summed E-state index contributed by atoms with van der Waals surface area (Å²) in [7, 11) is 0. The number of unbranched alkanes of at least 4 members (excludes halogenated alkanes) is 6. The largest absolute Gasteiger partial charge is 0.478 e. The Hall–Kier alpha value is -1.64. The number of hydrogen-bond acceptors (Lipinski definition) is 2. The summed E-state index contributed by atoms with van der Waals surface area (Å²) in [4.78, 5) is 14.2. The van der Waals surface area contributed by atoms with Crippen molar-refractivity contribution < 1.29 is 9.90 Å². The molecule has 19 heavy (non-hydrogen) atoms. The van der Waals surface area contributed by atoms with Crippen LogP contribution in [0.3, 0.4) is 0 Å². The summed E-state index contributed by atoms with van der Waals surface area (Å²) in [5, 5.41) is 8.42. The zero-order valence-electron chi connectivity index (χ0n) is 11.4. The molecule has 0 aliphatic heterocycles. The van der Waals surface area contributed by atoms with E-state index in [9.17, 15) is 4.79 Å². The predicted octanol–water partition coefficient (Wildman–Crippen LogP) is 4.00. The molecule has 0 fully saturated rings. The molecule has 1 heterocycles. The third kappa shape index (κ3) is 9.00. The second kappa shape index (κ2) is 10.3. The highest BCUT2D eigenvalue weighted by atomic mass is 16.4. The number of nitrogens with zero attached hydrogens (tertiary/aromatic N) is 1. The van der Waals surface area contributed by atoms with E-state index in [4.69, 9.17) is 5.11 Å². The Morgan fingerprint density at radius 3 is 2.37 bits per heavy atom. The van der Waals surface area contributed by atoms with Gasteiger partial charge in [-0.1, -0.05) is 31.8 Å². The van der Waals surface area contributed by atoms with E-state index < -0.39 is 5.97 Å². The van der Waals surface area contributed by atoms with Gasteiger partial charge in [0.15, 0.2) is 0 Å². The van der Waals surface area contributed by atoms with Crippen LogP contribution in [-0.2, 0) is 11.2 Å². The minimum absolute atomic E-state index is 0.851. The van der Waals surface area contributed by atoms with Crippen LogP contribution in [-0.4, -0.2) is 16.1 Å². The Labute approximate surface area is 115 Å². The van der Waals surface area contributed by atoms with Crippen LogP contribution in [0.5, 0.6) is 0 Å². The Kier molecular flexibility index (Phi) is 8.36. The molecule has 0 unspecified atom stereocenters. The lowest BCUT2D eigenvalue weighted by Gasteiger charge is -2.01. The van der Waals surface area contributed by atoms with Crippen molar-refractivity contribution in [1.82, 2.24) is 4.98 Å². The smallest absolute Gasteiger partial charge is 0.327 e. The molecule has 0 radical (unpaired) electrons. The molecule has 1 aromatic heterocycles. The van der Waals surface area contributed by atoms with Crippen molar-refractivity contribution >= 4 is 5.97 Å². The number of carbonyl (C=O) groups is 1. The quantitative estimate of drug-likeness (QED) is 0.511. The van der Waals surface area contributed by atoms with Gasteiger partial charge < -0.3 is 5.11 Å². The van der Waals surface area contributed by atoms with E-state index >= 15 is 0 Å². The molecule has 0 atom stereocenters. The molecule has 0 amide bonds. The number of rotatable bonds is 10. The van der Waals surface area contributed by atoms with Gasteiger partial charge in [-0.25, -0.2) is 4.79 Å². The van der Waals surface area contributed by atoms with Crippen LogP contribution in [0.25, 0.3) is 0 Å². The SMILES string of the molecule is O=C(O)C=CCCCCCCCCc1ccncc1. The molecule has 1 N–H and O–H groups in total. The van der Waals surface area contributed by atoms with Crippen molar-refractivity contribution in [2.24, 2.45) is 0 Å². The first-order chi connectivity index (χ1) is 9.29. The molecule has 0 spiro atoms. The van der Waals surface area contributed by atoms with Crippen molar-refractivity contribution in [2.75, 3.05) is 0 Å². The molecule has 104 valence electrons. The molecule has 0 saturated carbocycles. The Morgan fingerprint density at radius 2 is 1.68 bits per heavy atom. The minimum atomic E-state index is -0.851. The lowest BCUT2D eigenvalue weighted by atomic mass is 10.1. The molecule has 1 rings (SSSR count). The van der Waals surface area contributed by atoms with E-state index in [1.165, 1.54) is 43.7 Å². The van der Waals surface area contributed by atoms with Gasteiger partial charge in [-0.15, -0.1) is 0 Å². The number of allylic oxidation sites excluding steroid dienone is 1. The fourth-order valence-electron chi connectivity index (χ4n) is 2.03. The monoisotopic (exact) mass is 261 g/mol. The molecule has 1 aromatic rings. The number of carboxylic acid groups (broad SMARTS) is 1. The summed E-state index contributed by atoms with van der Waals surface area (Å²) in [6.45, 7) is 0. The van der Waals surface area contributed by atoms with Gasteiger partial charge in [0.05, 0.1) is 0 Å². The molecule has 3 nitrogen and oxygen atoms in total. The Bertz CT molecular complexity index is 374. The lowest BCUT2D eigenvalue weighted by Crippen LogP contribution is -1.87. The highest BCUT2D eigenvalue weighted by Gasteiger charge is 1.94. The van der Waals surface area contributed by atoms with Crippen molar-refractivity contribution in [1.29, 1.82) is 0 Å². The van der Waals surface area contributed by atoms with Gasteiger partial charge in [0.1, 0.15) is 0 Å². The van der Waals surface area contributed by atoms with E-state index in [1.54, 1.807) is 6.08 Å². The fraction of sp³-hybridized carbons (Fsp3) is 0.500. The van der Waals surface area contributed by atoms with Crippen LogP contribution in [0.15, 0.2) is 36.7 Å². The Morgan fingerprint density at radius 1 is 1.05 bits per heavy atom. The number of carboxylic acids is 1. The number of aryl methyl sites for hydroxylation is 1. The number of pyridine rings is 1. The molecule has 0 aromatic carbocycles. The summed E-state index contributed by atoms with van der Waals surface area (Å²) in [5.74, 6) is -0.851. The normalized spacial score (nSPS) is 10.9. The maximum atomic E-state index is 10.2. The first-order valence-corrected chi connectivity index (χ1v) is 7.07. The van der Waals surface area contributed by atoms with Gasteiger partial charge in [-0.3, -0.25) is 4.98 Å². The highest BCUT2D eigenvalue weighted by Crippen LogP contribution is 2.10. The lowest BCUT2D eigenvalue weighted by molar-refractivity contribution is -0.131. The van der Waals surface area contributed by atoms with E-state index in [2.05, 4.69) is 17.1 Å². The predicted molar refractivity (Wildman–Crippen MR) is 77.0 cm³/mol. The molecular weight excluding hydrogens is 238 g/mol. The average Bonchev–Trinajstić information content (AvgIpc) is 2.42. The Balaban J connectivity index is 1.88. The molecule has 3 heteroatoms. The standard InChI is InChI=1S/C16H23NO2/c18-16(19)10-8-6-4-2-1-3-5-7-9-15-11-13-17-14-12-15/h8,10-14H,1-7,9H2,(H,18,19). The van der Waals surface area contributed by atoms with Crippen LogP contribution >= 0.6 is 0 Å². The van der Waals surface area contributed by atoms with Crippen molar-refractivity contribution in [3.05, 3.63) is 42.2 Å². The molecular formula is C16H23NO2. The van der Waals surface area contributed by atoms with E-state index in [0.717, 1.165) is 19.3 Å². The van der Waals surface area contributed by atoms with Gasteiger partial charge >= 0.3 is 5.97 Å². The zero-order valence-corrected chi connectivity index (χ0v) is 11.4. The van der Waals surface area contributed by atoms with Crippen molar-refractivity contribution in [3.8, 4) is 0 Å².